The van der Waals surface area contributed by atoms with E-state index in [1.165, 1.54) is 44.4 Å². The van der Waals surface area contributed by atoms with Crippen LogP contribution in [-0.4, -0.2) is 117 Å². The maximum Gasteiger partial charge on any atom is 0.404 e. The molecule has 18 nitrogen and oxygen atoms in total. The summed E-state index contributed by atoms with van der Waals surface area (Å²) in [6.45, 7) is 7.71. The van der Waals surface area contributed by atoms with Crippen LogP contribution in [0.2, 0.25) is 0 Å². The molecule has 0 radical (unpaired) electrons. The van der Waals surface area contributed by atoms with Crippen LogP contribution in [0.25, 0.3) is 11.0 Å². The molecule has 2 amide bonds. The molecule has 5 rings (SSSR count). The van der Waals surface area contributed by atoms with E-state index in [9.17, 15) is 45.0 Å². The van der Waals surface area contributed by atoms with Gasteiger partial charge in [-0.2, -0.15) is 0 Å². The minimum absolute atomic E-state index is 0.0199. The first-order valence-corrected chi connectivity index (χ1v) is 17.2. The normalized spacial score (nSPS) is 27.6. The Morgan fingerprint density at radius 2 is 1.71 bits per heavy atom. The van der Waals surface area contributed by atoms with Crippen molar-refractivity contribution in [1.82, 2.24) is 0 Å². The predicted molar refractivity (Wildman–Crippen MR) is 192 cm³/mol. The number of hydrogen-bond acceptors (Lipinski definition) is 16. The van der Waals surface area contributed by atoms with Crippen LogP contribution in [0.1, 0.15) is 49.2 Å². The summed E-state index contributed by atoms with van der Waals surface area (Å²) < 4.78 is 39.9. The number of nitrogens with one attached hydrogen (secondary N) is 1. The molecule has 1 aromatic heterocycles. The molecule has 0 aliphatic carbocycles. The van der Waals surface area contributed by atoms with Gasteiger partial charge in [0.25, 0.3) is 5.91 Å². The van der Waals surface area contributed by atoms with Crippen molar-refractivity contribution in [2.45, 2.75) is 102 Å². The molecule has 18 heteroatoms. The Bertz CT molecular complexity index is 1990. The monoisotopic (exact) mass is 774 g/mol. The number of aryl methyl sites for hydroxylation is 1. The number of phenolic OH excluding ortho intramolecular Hbond substituents is 1. The minimum Gasteiger partial charge on any atom is -0.508 e. The van der Waals surface area contributed by atoms with Crippen molar-refractivity contribution in [2.24, 2.45) is 5.73 Å². The molecule has 0 bridgehead atoms. The van der Waals surface area contributed by atoms with E-state index in [1.807, 2.05) is 19.9 Å². The smallest absolute Gasteiger partial charge is 0.404 e. The van der Waals surface area contributed by atoms with Gasteiger partial charge in [0, 0.05) is 18.2 Å². The molecular weight excluding hydrogens is 728 g/mol. The molecule has 300 valence electrons. The summed E-state index contributed by atoms with van der Waals surface area (Å²) in [7, 11) is 1.34. The molecular formula is C37H46N2O16. The lowest BCUT2D eigenvalue weighted by atomic mass is 9.89. The minimum atomic E-state index is -1.90. The Balaban J connectivity index is 1.58. The number of rotatable bonds is 11. The van der Waals surface area contributed by atoms with Gasteiger partial charge in [-0.15, -0.1) is 0 Å². The van der Waals surface area contributed by atoms with Gasteiger partial charge in [-0.3, -0.25) is 4.79 Å². The largest absolute Gasteiger partial charge is 0.508 e. The molecule has 2 aliphatic heterocycles. The van der Waals surface area contributed by atoms with E-state index in [2.05, 4.69) is 5.32 Å². The van der Waals surface area contributed by atoms with Gasteiger partial charge in [0.2, 0.25) is 12.6 Å². The topological polar surface area (TPSA) is 279 Å². The predicted octanol–water partition coefficient (Wildman–Crippen LogP) is 1.10. The summed E-state index contributed by atoms with van der Waals surface area (Å²) >= 11 is 0. The molecule has 3 aromatic rings. The summed E-state index contributed by atoms with van der Waals surface area (Å²) in [5, 5.41) is 65.4. The molecule has 2 saturated heterocycles. The van der Waals surface area contributed by atoms with Crippen molar-refractivity contribution in [1.29, 1.82) is 0 Å². The lowest BCUT2D eigenvalue weighted by Crippen LogP contribution is -2.65. The van der Waals surface area contributed by atoms with E-state index in [-0.39, 0.29) is 33.6 Å². The zero-order valence-corrected chi connectivity index (χ0v) is 30.9. The van der Waals surface area contributed by atoms with E-state index in [0.717, 1.165) is 5.57 Å². The number of benzene rings is 2. The fraction of sp³-hybridized carbons (Fsp3) is 0.486. The highest BCUT2D eigenvalue weighted by molar-refractivity contribution is 6.07. The van der Waals surface area contributed by atoms with E-state index in [1.54, 1.807) is 13.8 Å². The SMILES string of the molecule is CO[C@@H]1[C@@H](OC(N)=O)[C@@H](O)[C@H](Oc2ccc3c(O[C@@H]4O[C@H](CO)[C@@H](O)[C@H](O)[C@H]4O)c(NC(=O)c4ccc(O)c(CC=C(C)C)c4)c(=O)oc3c2C)OC1(C)C. The molecule has 9 atom stereocenters. The fourth-order valence-electron chi connectivity index (χ4n) is 6.45. The quantitative estimate of drug-likeness (QED) is 0.100. The standard InChI is InChI=1S/C37H46N2O16/c1-15(2)7-8-17-13-18(9-11-20(17)41)32(46)39-23-29(53-34-26(44)25(43)24(42)22(14-40)51-34)19-10-12-21(16(3)28(19)52-33(23)47)50-35-27(45)30(54-36(38)48)31(49-6)37(4,5)55-35/h7,9-13,22,24-27,30-31,34-35,40-45H,8,14H2,1-6H3,(H2,38,48)(H,39,46)/t22-,24-,25+,26-,27-,30+,31-,34+,35-/m1/s1. The molecule has 9 N–H and O–H groups in total. The number of aliphatic hydroxyl groups is 5. The second kappa shape index (κ2) is 16.5. The Morgan fingerprint density at radius 3 is 2.35 bits per heavy atom. The van der Waals surface area contributed by atoms with Gasteiger partial charge in [-0.1, -0.05) is 11.6 Å². The number of aliphatic hydroxyl groups excluding tert-OH is 5. The van der Waals surface area contributed by atoms with Crippen LogP contribution in [0.15, 0.2) is 51.2 Å². The average molecular weight is 775 g/mol. The van der Waals surface area contributed by atoms with Gasteiger partial charge in [0.15, 0.2) is 23.6 Å². The lowest BCUT2D eigenvalue weighted by molar-refractivity contribution is -0.304. The number of hydrogen-bond donors (Lipinski definition) is 8. The van der Waals surface area contributed by atoms with Gasteiger partial charge < -0.3 is 74.5 Å². The number of primary amides is 1. The van der Waals surface area contributed by atoms with Gasteiger partial charge in [0.1, 0.15) is 47.6 Å². The Morgan fingerprint density at radius 1 is 1.00 bits per heavy atom. The van der Waals surface area contributed by atoms with E-state index < -0.39 is 96.6 Å². The first kappa shape index (κ1) is 41.4. The number of carbonyl (C=O) groups is 2. The number of methoxy groups -OCH3 is 1. The first-order valence-electron chi connectivity index (χ1n) is 17.2. The molecule has 3 heterocycles. The van der Waals surface area contributed by atoms with Gasteiger partial charge >= 0.3 is 11.7 Å². The van der Waals surface area contributed by atoms with Crippen molar-refractivity contribution in [3.8, 4) is 17.2 Å². The number of carbonyl (C=O) groups excluding carboxylic acids is 2. The van der Waals surface area contributed by atoms with E-state index in [0.29, 0.717) is 12.0 Å². The van der Waals surface area contributed by atoms with Crippen LogP contribution in [-0.2, 0) is 25.4 Å². The zero-order chi connectivity index (χ0) is 40.5. The van der Waals surface area contributed by atoms with Crippen LogP contribution < -0.4 is 26.1 Å². The van der Waals surface area contributed by atoms with Crippen molar-refractivity contribution >= 4 is 28.7 Å². The third-order valence-corrected chi connectivity index (χ3v) is 9.39. The highest BCUT2D eigenvalue weighted by Crippen LogP contribution is 2.40. The van der Waals surface area contributed by atoms with Gasteiger partial charge in [-0.05, 0) is 76.9 Å². The first-order chi connectivity index (χ1) is 25.9. The average Bonchev–Trinajstić information content (AvgIpc) is 3.12. The maximum absolute atomic E-state index is 13.8. The zero-order valence-electron chi connectivity index (χ0n) is 30.9. The second-order valence-corrected chi connectivity index (χ2v) is 14.0. The second-order valence-electron chi connectivity index (χ2n) is 14.0. The van der Waals surface area contributed by atoms with Crippen LogP contribution in [0.4, 0.5) is 10.5 Å². The Labute approximate surface area is 314 Å². The lowest BCUT2D eigenvalue weighted by Gasteiger charge is -2.47. The number of nitrogens with two attached hydrogens (primary N) is 1. The summed E-state index contributed by atoms with van der Waals surface area (Å²) in [6, 6.07) is 6.86. The number of ether oxygens (including phenoxy) is 6. The van der Waals surface area contributed by atoms with Crippen LogP contribution in [0, 0.1) is 6.92 Å². The van der Waals surface area contributed by atoms with E-state index in [4.69, 9.17) is 38.6 Å². The molecule has 0 saturated carbocycles. The van der Waals surface area contributed by atoms with Crippen LogP contribution in [0.3, 0.4) is 0 Å². The summed E-state index contributed by atoms with van der Waals surface area (Å²) in [5.41, 5.74) is 3.85. The molecule has 55 heavy (non-hydrogen) atoms. The Kier molecular flexibility index (Phi) is 12.4. The fourth-order valence-corrected chi connectivity index (χ4v) is 6.45. The molecule has 2 aliphatic rings. The van der Waals surface area contributed by atoms with Crippen LogP contribution >= 0.6 is 0 Å². The molecule has 0 spiro atoms. The highest BCUT2D eigenvalue weighted by Gasteiger charge is 2.53. The molecule has 2 aromatic carbocycles. The van der Waals surface area contributed by atoms with Gasteiger partial charge in [0.05, 0.1) is 17.6 Å². The number of anilines is 1. The van der Waals surface area contributed by atoms with Crippen molar-refractivity contribution < 1.29 is 73.1 Å². The highest BCUT2D eigenvalue weighted by atomic mass is 16.7. The van der Waals surface area contributed by atoms with Crippen LogP contribution in [0.5, 0.6) is 17.2 Å². The number of aromatic hydroxyl groups is 1. The third-order valence-electron chi connectivity index (χ3n) is 9.39. The molecule has 0 unspecified atom stereocenters. The van der Waals surface area contributed by atoms with Crippen molar-refractivity contribution in [3.63, 3.8) is 0 Å². The van der Waals surface area contributed by atoms with Gasteiger partial charge in [-0.25, -0.2) is 9.59 Å². The number of allylic oxidation sites excluding steroid dienone is 2. The van der Waals surface area contributed by atoms with Crippen molar-refractivity contribution in [3.05, 3.63) is 69.1 Å². The number of phenols is 1. The number of amides is 2. The summed E-state index contributed by atoms with van der Waals surface area (Å²) in [4.78, 5) is 39.1. The number of fused-ring (bicyclic) bond motifs is 1. The maximum atomic E-state index is 13.8. The Hall–Kier alpha value is -4.79. The summed E-state index contributed by atoms with van der Waals surface area (Å²) in [5.74, 6) is -1.24. The third kappa shape index (κ3) is 8.56. The van der Waals surface area contributed by atoms with E-state index >= 15 is 0 Å². The molecule has 2 fully saturated rings. The summed E-state index contributed by atoms with van der Waals surface area (Å²) in [6.07, 6.45) is -13.0. The van der Waals surface area contributed by atoms with Crippen molar-refractivity contribution in [2.75, 3.05) is 19.0 Å².